The average Bonchev–Trinajstić information content (AvgIpc) is 2.67. The molecule has 1 fully saturated rings. The topological polar surface area (TPSA) is 55.6 Å². The van der Waals surface area contributed by atoms with Gasteiger partial charge in [0.2, 0.25) is 0 Å². The maximum absolute atomic E-state index is 13.5. The molecule has 0 aliphatic carbocycles. The monoisotopic (exact) mass is 370 g/mol. The normalized spacial score (nSPS) is 22.5. The predicted octanol–water partition coefficient (Wildman–Crippen LogP) is 4.13. The lowest BCUT2D eigenvalue weighted by Gasteiger charge is -2.45. The van der Waals surface area contributed by atoms with Crippen molar-refractivity contribution in [1.82, 2.24) is 4.90 Å². The Kier molecular flexibility index (Phi) is 6.11. The van der Waals surface area contributed by atoms with Crippen molar-refractivity contribution in [2.75, 3.05) is 13.1 Å². The number of nitrogens with two attached hydrogens (primary N) is 1. The molecule has 5 heteroatoms. The van der Waals surface area contributed by atoms with Gasteiger partial charge in [-0.1, -0.05) is 42.5 Å². The van der Waals surface area contributed by atoms with Crippen LogP contribution in [0.5, 0.6) is 0 Å². The lowest BCUT2D eigenvalue weighted by Crippen LogP contribution is -2.51. The van der Waals surface area contributed by atoms with Crippen LogP contribution in [-0.2, 0) is 17.8 Å². The highest BCUT2D eigenvalue weighted by Gasteiger charge is 2.39. The Balaban J connectivity index is 1.60. The fraction of sp³-hybridized carbons (Fsp3) is 0.409. The maximum Gasteiger partial charge on any atom is 0.410 e. The lowest BCUT2D eigenvalue weighted by atomic mass is 9.71. The summed E-state index contributed by atoms with van der Waals surface area (Å²) in [6, 6.07) is 16.4. The molecule has 0 radical (unpaired) electrons. The lowest BCUT2D eigenvalue weighted by molar-refractivity contribution is 0.0369. The van der Waals surface area contributed by atoms with Gasteiger partial charge in [-0.2, -0.15) is 0 Å². The molecule has 0 bridgehead atoms. The van der Waals surface area contributed by atoms with Crippen LogP contribution in [0.4, 0.5) is 9.18 Å². The van der Waals surface area contributed by atoms with E-state index in [0.717, 1.165) is 30.4 Å². The van der Waals surface area contributed by atoms with Crippen molar-refractivity contribution in [1.29, 1.82) is 0 Å². The zero-order valence-corrected chi connectivity index (χ0v) is 15.7. The van der Waals surface area contributed by atoms with Gasteiger partial charge in [-0.3, -0.25) is 0 Å². The summed E-state index contributed by atoms with van der Waals surface area (Å²) in [5.74, 6) is -0.227. The number of hydrogen-bond donors (Lipinski definition) is 1. The summed E-state index contributed by atoms with van der Waals surface area (Å²) < 4.78 is 19.0. The molecule has 2 N–H and O–H groups in total. The number of rotatable bonds is 5. The second kappa shape index (κ2) is 8.53. The number of likely N-dealkylation sites (tertiary alicyclic amines) is 1. The molecule has 1 heterocycles. The van der Waals surface area contributed by atoms with Gasteiger partial charge in [0.15, 0.2) is 0 Å². The summed E-state index contributed by atoms with van der Waals surface area (Å²) in [4.78, 5) is 14.3. The first-order valence-corrected chi connectivity index (χ1v) is 9.43. The van der Waals surface area contributed by atoms with Crippen LogP contribution < -0.4 is 5.73 Å². The van der Waals surface area contributed by atoms with Crippen LogP contribution in [0.15, 0.2) is 54.6 Å². The standard InChI is InChI=1S/C22H27FN2O2/c1-17-13-22(16-24,14-19-8-5-9-20(23)12-19)10-11-25(17)21(26)27-15-18-6-3-2-4-7-18/h2-9,12,17H,10-11,13-16,24H2,1H3/t17-,22?/m0/s1. The number of hydrogen-bond acceptors (Lipinski definition) is 3. The van der Waals surface area contributed by atoms with Crippen molar-refractivity contribution < 1.29 is 13.9 Å². The van der Waals surface area contributed by atoms with Crippen LogP contribution >= 0.6 is 0 Å². The number of carbonyl (C=O) groups excluding carboxylic acids is 1. The zero-order valence-electron chi connectivity index (χ0n) is 15.7. The third-order valence-electron chi connectivity index (χ3n) is 5.48. The van der Waals surface area contributed by atoms with Gasteiger partial charge in [0.05, 0.1) is 0 Å². The van der Waals surface area contributed by atoms with E-state index in [-0.39, 0.29) is 30.0 Å². The molecule has 144 valence electrons. The van der Waals surface area contributed by atoms with Gasteiger partial charge in [-0.05, 0) is 61.4 Å². The average molecular weight is 370 g/mol. The molecule has 2 aromatic carbocycles. The summed E-state index contributed by atoms with van der Waals surface area (Å²) in [6.07, 6.45) is 1.99. The number of benzene rings is 2. The third kappa shape index (κ3) is 4.86. The van der Waals surface area contributed by atoms with E-state index in [4.69, 9.17) is 10.5 Å². The van der Waals surface area contributed by atoms with Gasteiger partial charge in [0.1, 0.15) is 12.4 Å². The SMILES string of the molecule is C[C@H]1CC(CN)(Cc2cccc(F)c2)CCN1C(=O)OCc1ccccc1. The van der Waals surface area contributed by atoms with E-state index in [1.165, 1.54) is 6.07 Å². The van der Waals surface area contributed by atoms with Crippen LogP contribution in [0.1, 0.15) is 30.9 Å². The maximum atomic E-state index is 13.5. The Labute approximate surface area is 160 Å². The molecule has 2 aromatic rings. The highest BCUT2D eigenvalue weighted by Crippen LogP contribution is 2.37. The van der Waals surface area contributed by atoms with Gasteiger partial charge in [0, 0.05) is 12.6 Å². The molecule has 1 aliphatic heterocycles. The molecule has 1 saturated heterocycles. The molecule has 2 atom stereocenters. The van der Waals surface area contributed by atoms with Gasteiger partial charge in [-0.25, -0.2) is 9.18 Å². The van der Waals surface area contributed by atoms with Gasteiger partial charge < -0.3 is 15.4 Å². The van der Waals surface area contributed by atoms with E-state index in [2.05, 4.69) is 0 Å². The second-order valence-corrected chi connectivity index (χ2v) is 7.55. The van der Waals surface area contributed by atoms with Gasteiger partial charge in [-0.15, -0.1) is 0 Å². The Morgan fingerprint density at radius 1 is 1.22 bits per heavy atom. The van der Waals surface area contributed by atoms with Gasteiger partial charge in [0.25, 0.3) is 0 Å². The quantitative estimate of drug-likeness (QED) is 0.861. The van der Waals surface area contributed by atoms with E-state index in [1.54, 1.807) is 17.0 Å². The summed E-state index contributed by atoms with van der Waals surface area (Å²) in [6.45, 7) is 3.41. The number of halogens is 1. The van der Waals surface area contributed by atoms with Crippen molar-refractivity contribution in [3.8, 4) is 0 Å². The first-order chi connectivity index (χ1) is 13.0. The van der Waals surface area contributed by atoms with Crippen LogP contribution in [-0.4, -0.2) is 30.1 Å². The minimum Gasteiger partial charge on any atom is -0.445 e. The fourth-order valence-electron chi connectivity index (χ4n) is 3.99. The van der Waals surface area contributed by atoms with E-state index >= 15 is 0 Å². The predicted molar refractivity (Wildman–Crippen MR) is 104 cm³/mol. The Bertz CT molecular complexity index is 768. The van der Waals surface area contributed by atoms with Crippen molar-refractivity contribution >= 4 is 6.09 Å². The molecule has 4 nitrogen and oxygen atoms in total. The molecule has 1 amide bonds. The van der Waals surface area contributed by atoms with Crippen LogP contribution in [0.25, 0.3) is 0 Å². The molecule has 1 unspecified atom stereocenters. The number of nitrogens with zero attached hydrogens (tertiary/aromatic N) is 1. The third-order valence-corrected chi connectivity index (χ3v) is 5.48. The van der Waals surface area contributed by atoms with Crippen molar-refractivity contribution in [3.63, 3.8) is 0 Å². The highest BCUT2D eigenvalue weighted by atomic mass is 19.1. The first kappa shape index (κ1) is 19.4. The number of piperidine rings is 1. The van der Waals surface area contributed by atoms with E-state index < -0.39 is 0 Å². The Hall–Kier alpha value is -2.40. The smallest absolute Gasteiger partial charge is 0.410 e. The van der Waals surface area contributed by atoms with E-state index in [9.17, 15) is 9.18 Å². The highest BCUT2D eigenvalue weighted by molar-refractivity contribution is 5.68. The molecule has 3 rings (SSSR count). The van der Waals surface area contributed by atoms with E-state index in [1.807, 2.05) is 43.3 Å². The molecular formula is C22H27FN2O2. The fourth-order valence-corrected chi connectivity index (χ4v) is 3.99. The van der Waals surface area contributed by atoms with Crippen molar-refractivity contribution in [2.45, 2.75) is 38.8 Å². The van der Waals surface area contributed by atoms with Crippen molar-refractivity contribution in [2.24, 2.45) is 11.1 Å². The van der Waals surface area contributed by atoms with Crippen LogP contribution in [0, 0.1) is 11.2 Å². The minimum absolute atomic E-state index is 0.0270. The summed E-state index contributed by atoms with van der Waals surface area (Å²) in [7, 11) is 0. The second-order valence-electron chi connectivity index (χ2n) is 7.55. The summed E-state index contributed by atoms with van der Waals surface area (Å²) in [5.41, 5.74) is 7.91. The zero-order chi connectivity index (χ0) is 19.3. The van der Waals surface area contributed by atoms with Crippen molar-refractivity contribution in [3.05, 3.63) is 71.5 Å². The molecule has 0 spiro atoms. The number of amides is 1. The van der Waals surface area contributed by atoms with Crippen LogP contribution in [0.3, 0.4) is 0 Å². The Morgan fingerprint density at radius 3 is 2.63 bits per heavy atom. The molecular weight excluding hydrogens is 343 g/mol. The number of ether oxygens (including phenoxy) is 1. The molecule has 0 saturated carbocycles. The summed E-state index contributed by atoms with van der Waals surface area (Å²) in [5, 5.41) is 0. The van der Waals surface area contributed by atoms with E-state index in [0.29, 0.717) is 13.1 Å². The largest absolute Gasteiger partial charge is 0.445 e. The summed E-state index contributed by atoms with van der Waals surface area (Å²) >= 11 is 0. The molecule has 27 heavy (non-hydrogen) atoms. The number of carbonyl (C=O) groups is 1. The Morgan fingerprint density at radius 2 is 1.96 bits per heavy atom. The first-order valence-electron chi connectivity index (χ1n) is 9.43. The molecule has 0 aromatic heterocycles. The molecule has 1 aliphatic rings. The van der Waals surface area contributed by atoms with Crippen LogP contribution in [0.2, 0.25) is 0 Å². The minimum atomic E-state index is -0.289. The van der Waals surface area contributed by atoms with Gasteiger partial charge >= 0.3 is 6.09 Å².